The highest BCUT2D eigenvalue weighted by molar-refractivity contribution is 5.59. The van der Waals surface area contributed by atoms with Gasteiger partial charge >= 0.3 is 0 Å². The Balaban J connectivity index is 2.04. The van der Waals surface area contributed by atoms with Crippen LogP contribution in [0.25, 0.3) is 11.4 Å². The molecule has 0 atom stereocenters. The molecule has 1 aliphatic rings. The van der Waals surface area contributed by atoms with Crippen LogP contribution < -0.4 is 10.1 Å². The van der Waals surface area contributed by atoms with Crippen molar-refractivity contribution in [1.29, 1.82) is 0 Å². The van der Waals surface area contributed by atoms with Crippen LogP contribution in [0.15, 0.2) is 18.3 Å². The largest absolute Gasteiger partial charge is 0.481 e. The minimum atomic E-state index is 0.562. The Labute approximate surface area is 117 Å². The van der Waals surface area contributed by atoms with Gasteiger partial charge in [0.1, 0.15) is 5.82 Å². The van der Waals surface area contributed by atoms with Crippen LogP contribution in [-0.4, -0.2) is 35.7 Å². The third kappa shape index (κ3) is 2.30. The fourth-order valence-electron chi connectivity index (χ4n) is 2.20. The van der Waals surface area contributed by atoms with Crippen molar-refractivity contribution in [2.24, 2.45) is 0 Å². The van der Waals surface area contributed by atoms with Gasteiger partial charge in [-0.1, -0.05) is 0 Å². The summed E-state index contributed by atoms with van der Waals surface area (Å²) in [4.78, 5) is 13.4. The number of methoxy groups -OCH3 is 1. The number of anilines is 1. The molecule has 2 aromatic rings. The summed E-state index contributed by atoms with van der Waals surface area (Å²) in [6, 6.07) is 3.71. The zero-order valence-electron chi connectivity index (χ0n) is 11.5. The van der Waals surface area contributed by atoms with Gasteiger partial charge in [0.25, 0.3) is 0 Å². The fraction of sp³-hybridized carbons (Fsp3) is 0.357. The molecule has 104 valence electrons. The molecule has 0 radical (unpaired) electrons. The van der Waals surface area contributed by atoms with E-state index in [4.69, 9.17) is 9.47 Å². The van der Waals surface area contributed by atoms with Crippen molar-refractivity contribution in [3.05, 3.63) is 29.6 Å². The molecule has 0 bridgehead atoms. The average Bonchev–Trinajstić information content (AvgIpc) is 2.54. The van der Waals surface area contributed by atoms with Crippen molar-refractivity contribution in [3.8, 4) is 17.3 Å². The van der Waals surface area contributed by atoms with Crippen LogP contribution in [-0.2, 0) is 17.8 Å². The van der Waals surface area contributed by atoms with E-state index in [1.807, 2.05) is 13.1 Å². The number of aromatic nitrogens is 3. The average molecular weight is 272 g/mol. The highest BCUT2D eigenvalue weighted by atomic mass is 16.5. The molecule has 0 aromatic carbocycles. The number of pyridine rings is 1. The molecule has 0 spiro atoms. The van der Waals surface area contributed by atoms with Gasteiger partial charge in [0.2, 0.25) is 5.88 Å². The summed E-state index contributed by atoms with van der Waals surface area (Å²) in [5.41, 5.74) is 2.96. The predicted molar refractivity (Wildman–Crippen MR) is 74.7 cm³/mol. The summed E-state index contributed by atoms with van der Waals surface area (Å²) in [5, 5.41) is 3.11. The number of hydrogen-bond donors (Lipinski definition) is 1. The van der Waals surface area contributed by atoms with Crippen molar-refractivity contribution in [3.63, 3.8) is 0 Å². The summed E-state index contributed by atoms with van der Waals surface area (Å²) < 4.78 is 10.5. The number of hydrogen-bond acceptors (Lipinski definition) is 6. The molecule has 6 heteroatoms. The van der Waals surface area contributed by atoms with Gasteiger partial charge in [-0.05, 0) is 6.07 Å². The molecule has 3 heterocycles. The molecule has 1 aliphatic heterocycles. The maximum absolute atomic E-state index is 5.47. The normalized spacial score (nSPS) is 13.7. The van der Waals surface area contributed by atoms with E-state index < -0.39 is 0 Å². The standard InChI is InChI=1S/C14H16N4O2/c1-15-14-10-8-20-6-5-11(10)17-13(18-14)9-3-4-12(19-2)16-7-9/h3-4,7H,5-6,8H2,1-2H3,(H,15,17,18). The second kappa shape index (κ2) is 5.42. The number of fused-ring (bicyclic) bond motifs is 1. The Morgan fingerprint density at radius 1 is 1.30 bits per heavy atom. The van der Waals surface area contributed by atoms with Crippen molar-refractivity contribution in [1.82, 2.24) is 15.0 Å². The van der Waals surface area contributed by atoms with Gasteiger partial charge < -0.3 is 14.8 Å². The predicted octanol–water partition coefficient (Wildman–Crippen LogP) is 1.66. The first-order valence-electron chi connectivity index (χ1n) is 6.47. The third-order valence-corrected chi connectivity index (χ3v) is 3.26. The Bertz CT molecular complexity index is 596. The summed E-state index contributed by atoms with van der Waals surface area (Å²) in [7, 11) is 3.45. The molecule has 20 heavy (non-hydrogen) atoms. The molecule has 0 saturated heterocycles. The van der Waals surface area contributed by atoms with E-state index in [1.165, 1.54) is 0 Å². The van der Waals surface area contributed by atoms with Crippen LogP contribution in [0.4, 0.5) is 5.82 Å². The van der Waals surface area contributed by atoms with Crippen LogP contribution in [0, 0.1) is 0 Å². The van der Waals surface area contributed by atoms with E-state index in [-0.39, 0.29) is 0 Å². The number of ether oxygens (including phenoxy) is 2. The molecule has 1 N–H and O–H groups in total. The van der Waals surface area contributed by atoms with Gasteiger partial charge in [-0.3, -0.25) is 0 Å². The van der Waals surface area contributed by atoms with Gasteiger partial charge in [-0.25, -0.2) is 15.0 Å². The first kappa shape index (κ1) is 12.8. The third-order valence-electron chi connectivity index (χ3n) is 3.26. The summed E-state index contributed by atoms with van der Waals surface area (Å²) in [5.74, 6) is 2.07. The Kier molecular flexibility index (Phi) is 3.47. The zero-order chi connectivity index (χ0) is 13.9. The molecule has 0 unspecified atom stereocenters. The summed E-state index contributed by atoms with van der Waals surface area (Å²) in [6.45, 7) is 1.26. The van der Waals surface area contributed by atoms with Crippen molar-refractivity contribution < 1.29 is 9.47 Å². The lowest BCUT2D eigenvalue weighted by Crippen LogP contribution is -2.16. The van der Waals surface area contributed by atoms with Crippen molar-refractivity contribution >= 4 is 5.82 Å². The lowest BCUT2D eigenvalue weighted by atomic mass is 10.1. The quantitative estimate of drug-likeness (QED) is 0.916. The van der Waals surface area contributed by atoms with Crippen LogP contribution in [0.3, 0.4) is 0 Å². The molecular weight excluding hydrogens is 256 g/mol. The second-order valence-electron chi connectivity index (χ2n) is 4.46. The van der Waals surface area contributed by atoms with E-state index in [1.54, 1.807) is 19.4 Å². The van der Waals surface area contributed by atoms with Crippen LogP contribution in [0.2, 0.25) is 0 Å². The number of rotatable bonds is 3. The van der Waals surface area contributed by atoms with E-state index in [0.717, 1.165) is 29.1 Å². The Morgan fingerprint density at radius 3 is 2.90 bits per heavy atom. The lowest BCUT2D eigenvalue weighted by Gasteiger charge is -2.19. The van der Waals surface area contributed by atoms with Crippen molar-refractivity contribution in [2.75, 3.05) is 26.1 Å². The summed E-state index contributed by atoms with van der Waals surface area (Å²) >= 11 is 0. The minimum absolute atomic E-state index is 0.562. The van der Waals surface area contributed by atoms with Gasteiger partial charge in [0.15, 0.2) is 5.82 Å². The molecule has 3 rings (SSSR count). The topological polar surface area (TPSA) is 69.2 Å². The second-order valence-corrected chi connectivity index (χ2v) is 4.46. The molecule has 0 aliphatic carbocycles. The molecule has 0 amide bonds. The van der Waals surface area contributed by atoms with E-state index in [9.17, 15) is 0 Å². The number of nitrogens with zero attached hydrogens (tertiary/aromatic N) is 3. The molecular formula is C14H16N4O2. The van der Waals surface area contributed by atoms with Gasteiger partial charge in [0.05, 0.1) is 26.0 Å². The molecule has 6 nitrogen and oxygen atoms in total. The Hall–Kier alpha value is -2.21. The van der Waals surface area contributed by atoms with E-state index >= 15 is 0 Å². The van der Waals surface area contributed by atoms with E-state index in [0.29, 0.717) is 24.9 Å². The molecule has 2 aromatic heterocycles. The smallest absolute Gasteiger partial charge is 0.212 e. The Morgan fingerprint density at radius 2 is 2.20 bits per heavy atom. The minimum Gasteiger partial charge on any atom is -0.481 e. The van der Waals surface area contributed by atoms with Gasteiger partial charge in [0, 0.05) is 36.9 Å². The van der Waals surface area contributed by atoms with Crippen LogP contribution in [0.1, 0.15) is 11.3 Å². The highest BCUT2D eigenvalue weighted by Crippen LogP contribution is 2.26. The highest BCUT2D eigenvalue weighted by Gasteiger charge is 2.18. The van der Waals surface area contributed by atoms with Crippen molar-refractivity contribution in [2.45, 2.75) is 13.0 Å². The first-order chi connectivity index (χ1) is 9.81. The molecule has 0 saturated carbocycles. The first-order valence-corrected chi connectivity index (χ1v) is 6.47. The van der Waals surface area contributed by atoms with Crippen LogP contribution >= 0.6 is 0 Å². The number of nitrogens with one attached hydrogen (secondary N) is 1. The monoisotopic (exact) mass is 272 g/mol. The zero-order valence-corrected chi connectivity index (χ0v) is 11.5. The van der Waals surface area contributed by atoms with E-state index in [2.05, 4.69) is 20.3 Å². The van der Waals surface area contributed by atoms with Crippen LogP contribution in [0.5, 0.6) is 5.88 Å². The van der Waals surface area contributed by atoms with Gasteiger partial charge in [-0.2, -0.15) is 0 Å². The molecule has 0 fully saturated rings. The lowest BCUT2D eigenvalue weighted by molar-refractivity contribution is 0.109. The SMILES string of the molecule is CNc1nc(-c2ccc(OC)nc2)nc2c1COCC2. The maximum atomic E-state index is 5.47. The fourth-order valence-corrected chi connectivity index (χ4v) is 2.20. The maximum Gasteiger partial charge on any atom is 0.212 e. The van der Waals surface area contributed by atoms with Gasteiger partial charge in [-0.15, -0.1) is 0 Å². The summed E-state index contributed by atoms with van der Waals surface area (Å²) in [6.07, 6.45) is 2.53.